The fraction of sp³-hybridized carbons (Fsp3) is 0.579. The maximum atomic E-state index is 12.7. The first-order valence-corrected chi connectivity index (χ1v) is 8.59. The lowest BCUT2D eigenvalue weighted by molar-refractivity contribution is -0.140. The quantitative estimate of drug-likeness (QED) is 0.933. The smallest absolute Gasteiger partial charge is 0.307 e. The first kappa shape index (κ1) is 14.7. The van der Waals surface area contributed by atoms with Gasteiger partial charge in [0.1, 0.15) is 0 Å². The zero-order chi connectivity index (χ0) is 16.2. The number of amides is 1. The second-order valence-electron chi connectivity index (χ2n) is 7.59. The Morgan fingerprint density at radius 2 is 1.91 bits per heavy atom. The number of piperidine rings is 1. The van der Waals surface area contributed by atoms with Crippen molar-refractivity contribution >= 4 is 11.9 Å². The van der Waals surface area contributed by atoms with Crippen molar-refractivity contribution in [1.82, 2.24) is 4.90 Å². The highest BCUT2D eigenvalue weighted by molar-refractivity contribution is 5.83. The number of benzene rings is 1. The van der Waals surface area contributed by atoms with Crippen LogP contribution in [0.15, 0.2) is 24.3 Å². The second kappa shape index (κ2) is 5.08. The zero-order valence-corrected chi connectivity index (χ0v) is 13.5. The van der Waals surface area contributed by atoms with Crippen LogP contribution in [0, 0.1) is 24.2 Å². The number of aryl methyl sites for hydroxylation is 1. The Labute approximate surface area is 136 Å². The number of carbonyl (C=O) groups excluding carboxylic acids is 1. The van der Waals surface area contributed by atoms with E-state index in [2.05, 4.69) is 19.1 Å². The molecule has 3 unspecified atom stereocenters. The lowest BCUT2D eigenvalue weighted by Crippen LogP contribution is -2.41. The summed E-state index contributed by atoms with van der Waals surface area (Å²) >= 11 is 0. The van der Waals surface area contributed by atoms with E-state index in [1.807, 2.05) is 17.0 Å². The molecular weight excluding hydrogens is 290 g/mol. The Morgan fingerprint density at radius 3 is 2.52 bits per heavy atom. The molecule has 4 heteroatoms. The molecular formula is C19H23NO3. The average molecular weight is 313 g/mol. The van der Waals surface area contributed by atoms with Gasteiger partial charge in [-0.25, -0.2) is 0 Å². The van der Waals surface area contributed by atoms with Crippen LogP contribution >= 0.6 is 0 Å². The number of likely N-dealkylation sites (tertiary alicyclic amines) is 1. The number of aliphatic carboxylic acids is 1. The highest BCUT2D eigenvalue weighted by atomic mass is 16.4. The molecule has 1 saturated heterocycles. The van der Waals surface area contributed by atoms with Crippen molar-refractivity contribution in [2.24, 2.45) is 17.3 Å². The number of hydrogen-bond donors (Lipinski definition) is 1. The minimum Gasteiger partial charge on any atom is -0.481 e. The van der Waals surface area contributed by atoms with Crippen molar-refractivity contribution in [3.05, 3.63) is 35.4 Å². The summed E-state index contributed by atoms with van der Waals surface area (Å²) in [7, 11) is 0. The number of hydrogen-bond acceptors (Lipinski definition) is 2. The zero-order valence-electron chi connectivity index (χ0n) is 13.5. The molecule has 1 aromatic rings. The van der Waals surface area contributed by atoms with E-state index < -0.39 is 5.97 Å². The van der Waals surface area contributed by atoms with Crippen molar-refractivity contribution in [3.63, 3.8) is 0 Å². The lowest BCUT2D eigenvalue weighted by atomic mass is 9.90. The molecule has 2 aliphatic carbocycles. The summed E-state index contributed by atoms with van der Waals surface area (Å²) < 4.78 is 0. The predicted octanol–water partition coefficient (Wildman–Crippen LogP) is 2.81. The van der Waals surface area contributed by atoms with Gasteiger partial charge in [-0.05, 0) is 55.1 Å². The molecule has 3 aliphatic rings. The van der Waals surface area contributed by atoms with Gasteiger partial charge in [-0.2, -0.15) is 0 Å². The summed E-state index contributed by atoms with van der Waals surface area (Å²) in [5.41, 5.74) is 2.59. The molecule has 4 rings (SSSR count). The molecule has 1 amide bonds. The van der Waals surface area contributed by atoms with Gasteiger partial charge in [0.2, 0.25) is 5.91 Å². The van der Waals surface area contributed by atoms with Gasteiger partial charge in [0.05, 0.1) is 5.92 Å². The molecule has 1 heterocycles. The molecule has 0 aromatic heterocycles. The maximum absolute atomic E-state index is 12.7. The standard InChI is InChI=1S/C19H23NO3/c1-12-4-2-3-5-13(12)14-10-15(14)17(21)20-8-6-19(7-9-20)11-16(19)18(22)23/h2-5,14-16H,6-11H2,1H3,(H,22,23). The van der Waals surface area contributed by atoms with Gasteiger partial charge in [-0.3, -0.25) is 9.59 Å². The molecule has 1 N–H and O–H groups in total. The Bertz CT molecular complexity index is 660. The van der Waals surface area contributed by atoms with Crippen molar-refractivity contribution < 1.29 is 14.7 Å². The molecule has 1 aliphatic heterocycles. The summed E-state index contributed by atoms with van der Waals surface area (Å²) in [5.74, 6) is -0.0282. The third-order valence-electron chi connectivity index (χ3n) is 6.25. The second-order valence-corrected chi connectivity index (χ2v) is 7.59. The van der Waals surface area contributed by atoms with Gasteiger partial charge >= 0.3 is 5.97 Å². The largest absolute Gasteiger partial charge is 0.481 e. The van der Waals surface area contributed by atoms with E-state index in [1.54, 1.807) is 0 Å². The maximum Gasteiger partial charge on any atom is 0.307 e. The first-order chi connectivity index (χ1) is 11.0. The number of nitrogens with zero attached hydrogens (tertiary/aromatic N) is 1. The minimum absolute atomic E-state index is 0.00157. The average Bonchev–Trinajstić information content (AvgIpc) is 3.43. The molecule has 4 nitrogen and oxygen atoms in total. The van der Waals surface area contributed by atoms with Gasteiger partial charge in [0.25, 0.3) is 0 Å². The summed E-state index contributed by atoms with van der Waals surface area (Å²) in [4.78, 5) is 25.8. The number of carbonyl (C=O) groups is 2. The third-order valence-corrected chi connectivity index (χ3v) is 6.25. The number of rotatable bonds is 3. The lowest BCUT2D eigenvalue weighted by Gasteiger charge is -2.33. The SMILES string of the molecule is Cc1ccccc1C1CC1C(=O)N1CCC2(CC1)CC2C(=O)O. The molecule has 3 atom stereocenters. The summed E-state index contributed by atoms with van der Waals surface area (Å²) in [5, 5.41) is 9.15. The molecule has 122 valence electrons. The van der Waals surface area contributed by atoms with Crippen LogP contribution in [0.5, 0.6) is 0 Å². The molecule has 0 radical (unpaired) electrons. The van der Waals surface area contributed by atoms with Crippen LogP contribution in [0.4, 0.5) is 0 Å². The fourth-order valence-corrected chi connectivity index (χ4v) is 4.47. The van der Waals surface area contributed by atoms with Crippen LogP contribution in [0.1, 0.15) is 42.7 Å². The van der Waals surface area contributed by atoms with Crippen molar-refractivity contribution in [2.75, 3.05) is 13.1 Å². The van der Waals surface area contributed by atoms with Crippen LogP contribution in [0.25, 0.3) is 0 Å². The summed E-state index contributed by atoms with van der Waals surface area (Å²) in [6, 6.07) is 8.34. The van der Waals surface area contributed by atoms with Gasteiger partial charge in [-0.1, -0.05) is 24.3 Å². The Balaban J connectivity index is 1.36. The molecule has 1 aromatic carbocycles. The van der Waals surface area contributed by atoms with Gasteiger partial charge in [0.15, 0.2) is 0 Å². The van der Waals surface area contributed by atoms with Crippen LogP contribution in [-0.2, 0) is 9.59 Å². The fourth-order valence-electron chi connectivity index (χ4n) is 4.47. The van der Waals surface area contributed by atoms with E-state index in [0.29, 0.717) is 5.92 Å². The normalized spacial score (nSPS) is 31.0. The highest BCUT2D eigenvalue weighted by Gasteiger charge is 2.59. The molecule has 23 heavy (non-hydrogen) atoms. The van der Waals surface area contributed by atoms with Gasteiger partial charge in [-0.15, -0.1) is 0 Å². The number of carboxylic acids is 1. The molecule has 3 fully saturated rings. The summed E-state index contributed by atoms with van der Waals surface area (Å²) in [6.45, 7) is 3.58. The van der Waals surface area contributed by atoms with Crippen LogP contribution in [0.3, 0.4) is 0 Å². The predicted molar refractivity (Wildman–Crippen MR) is 86.0 cm³/mol. The van der Waals surface area contributed by atoms with Crippen LogP contribution < -0.4 is 0 Å². The van der Waals surface area contributed by atoms with Crippen molar-refractivity contribution in [1.29, 1.82) is 0 Å². The van der Waals surface area contributed by atoms with Gasteiger partial charge < -0.3 is 10.0 Å². The minimum atomic E-state index is -0.661. The van der Waals surface area contributed by atoms with E-state index in [-0.39, 0.29) is 23.2 Å². The van der Waals surface area contributed by atoms with Crippen molar-refractivity contribution in [2.45, 2.75) is 38.5 Å². The Kier molecular flexibility index (Phi) is 3.26. The van der Waals surface area contributed by atoms with Crippen LogP contribution in [0.2, 0.25) is 0 Å². The van der Waals surface area contributed by atoms with Crippen LogP contribution in [-0.4, -0.2) is 35.0 Å². The van der Waals surface area contributed by atoms with E-state index >= 15 is 0 Å². The third kappa shape index (κ3) is 2.44. The Morgan fingerprint density at radius 1 is 1.22 bits per heavy atom. The van der Waals surface area contributed by atoms with Gasteiger partial charge in [0, 0.05) is 19.0 Å². The topological polar surface area (TPSA) is 57.6 Å². The summed E-state index contributed by atoms with van der Waals surface area (Å²) in [6.07, 6.45) is 3.48. The molecule has 0 bridgehead atoms. The van der Waals surface area contributed by atoms with E-state index in [0.717, 1.165) is 38.8 Å². The van der Waals surface area contributed by atoms with E-state index in [4.69, 9.17) is 5.11 Å². The van der Waals surface area contributed by atoms with Crippen molar-refractivity contribution in [3.8, 4) is 0 Å². The first-order valence-electron chi connectivity index (χ1n) is 8.59. The number of carboxylic acid groups (broad SMARTS) is 1. The highest BCUT2D eigenvalue weighted by Crippen LogP contribution is 2.60. The molecule has 1 spiro atoms. The van der Waals surface area contributed by atoms with E-state index in [9.17, 15) is 9.59 Å². The Hall–Kier alpha value is -1.84. The van der Waals surface area contributed by atoms with E-state index in [1.165, 1.54) is 11.1 Å². The monoisotopic (exact) mass is 313 g/mol. The molecule has 2 saturated carbocycles.